The highest BCUT2D eigenvalue weighted by Gasteiger charge is 2.18. The SMILES string of the molecule is CCCCN(CC(C)C(=O)O)C(=O)/C=C/c1ccc(C)cc1. The Hall–Kier alpha value is -2.10. The van der Waals surface area contributed by atoms with E-state index in [4.69, 9.17) is 5.11 Å². The van der Waals surface area contributed by atoms with Crippen molar-refractivity contribution in [3.63, 3.8) is 0 Å². The van der Waals surface area contributed by atoms with Crippen LogP contribution in [0.15, 0.2) is 30.3 Å². The minimum Gasteiger partial charge on any atom is -0.481 e. The van der Waals surface area contributed by atoms with Crippen LogP contribution < -0.4 is 0 Å². The van der Waals surface area contributed by atoms with Gasteiger partial charge in [-0.05, 0) is 25.0 Å². The molecule has 0 aliphatic carbocycles. The number of hydrogen-bond acceptors (Lipinski definition) is 2. The van der Waals surface area contributed by atoms with Gasteiger partial charge in [0.25, 0.3) is 0 Å². The summed E-state index contributed by atoms with van der Waals surface area (Å²) >= 11 is 0. The van der Waals surface area contributed by atoms with E-state index in [9.17, 15) is 9.59 Å². The van der Waals surface area contributed by atoms with Crippen LogP contribution >= 0.6 is 0 Å². The van der Waals surface area contributed by atoms with Gasteiger partial charge in [0, 0.05) is 19.2 Å². The first-order chi connectivity index (χ1) is 10.4. The molecule has 4 nitrogen and oxygen atoms in total. The third-order valence-corrected chi connectivity index (χ3v) is 3.50. The maximum Gasteiger partial charge on any atom is 0.308 e. The number of carbonyl (C=O) groups excluding carboxylic acids is 1. The Morgan fingerprint density at radius 2 is 1.91 bits per heavy atom. The topological polar surface area (TPSA) is 57.6 Å². The van der Waals surface area contributed by atoms with Gasteiger partial charge in [0.1, 0.15) is 0 Å². The zero-order valence-electron chi connectivity index (χ0n) is 13.6. The van der Waals surface area contributed by atoms with Crippen molar-refractivity contribution in [3.8, 4) is 0 Å². The average molecular weight is 303 g/mol. The highest BCUT2D eigenvalue weighted by molar-refractivity contribution is 5.92. The fourth-order valence-corrected chi connectivity index (χ4v) is 2.00. The predicted octanol–water partition coefficient (Wildman–Crippen LogP) is 3.36. The second-order valence-electron chi connectivity index (χ2n) is 5.62. The van der Waals surface area contributed by atoms with Crippen LogP contribution in [0, 0.1) is 12.8 Å². The van der Waals surface area contributed by atoms with Gasteiger partial charge in [-0.2, -0.15) is 0 Å². The summed E-state index contributed by atoms with van der Waals surface area (Å²) in [6, 6.07) is 7.89. The summed E-state index contributed by atoms with van der Waals surface area (Å²) in [5.74, 6) is -1.58. The maximum atomic E-state index is 12.3. The lowest BCUT2D eigenvalue weighted by Crippen LogP contribution is -2.36. The number of nitrogens with zero attached hydrogens (tertiary/aromatic N) is 1. The van der Waals surface area contributed by atoms with Crippen LogP contribution in [0.2, 0.25) is 0 Å². The van der Waals surface area contributed by atoms with Crippen molar-refractivity contribution in [2.75, 3.05) is 13.1 Å². The zero-order chi connectivity index (χ0) is 16.5. The number of unbranched alkanes of at least 4 members (excludes halogenated alkanes) is 1. The van der Waals surface area contributed by atoms with Crippen molar-refractivity contribution >= 4 is 18.0 Å². The Labute approximate surface area is 132 Å². The molecule has 1 aromatic carbocycles. The molecule has 120 valence electrons. The summed E-state index contributed by atoms with van der Waals surface area (Å²) in [5, 5.41) is 9.02. The number of hydrogen-bond donors (Lipinski definition) is 1. The second-order valence-corrected chi connectivity index (χ2v) is 5.62. The van der Waals surface area contributed by atoms with E-state index in [1.807, 2.05) is 38.1 Å². The Balaban J connectivity index is 2.73. The van der Waals surface area contributed by atoms with Crippen molar-refractivity contribution in [2.45, 2.75) is 33.6 Å². The highest BCUT2D eigenvalue weighted by Crippen LogP contribution is 2.08. The lowest BCUT2D eigenvalue weighted by Gasteiger charge is -2.23. The number of rotatable bonds is 8. The van der Waals surface area contributed by atoms with E-state index in [0.29, 0.717) is 6.54 Å². The largest absolute Gasteiger partial charge is 0.481 e. The molecule has 0 radical (unpaired) electrons. The van der Waals surface area contributed by atoms with Crippen molar-refractivity contribution in [1.82, 2.24) is 4.90 Å². The van der Waals surface area contributed by atoms with Crippen LogP contribution in [0.3, 0.4) is 0 Å². The quantitative estimate of drug-likeness (QED) is 0.749. The number of benzene rings is 1. The summed E-state index contributed by atoms with van der Waals surface area (Å²) in [6.07, 6.45) is 5.13. The van der Waals surface area contributed by atoms with Crippen LogP contribution in [-0.4, -0.2) is 35.0 Å². The molecule has 1 aromatic rings. The molecule has 1 atom stereocenters. The first-order valence-electron chi connectivity index (χ1n) is 7.70. The molecule has 0 bridgehead atoms. The molecule has 0 aliphatic heterocycles. The van der Waals surface area contributed by atoms with Crippen LogP contribution in [0.5, 0.6) is 0 Å². The smallest absolute Gasteiger partial charge is 0.308 e. The predicted molar refractivity (Wildman–Crippen MR) is 88.5 cm³/mol. The van der Waals surface area contributed by atoms with E-state index in [-0.39, 0.29) is 12.5 Å². The number of carboxylic acid groups (broad SMARTS) is 1. The number of aryl methyl sites for hydroxylation is 1. The molecule has 0 spiro atoms. The van der Waals surface area contributed by atoms with Crippen molar-refractivity contribution < 1.29 is 14.7 Å². The van der Waals surface area contributed by atoms with Gasteiger partial charge in [-0.25, -0.2) is 0 Å². The maximum absolute atomic E-state index is 12.3. The minimum absolute atomic E-state index is 0.137. The molecule has 0 heterocycles. The van der Waals surface area contributed by atoms with Gasteiger partial charge in [0.15, 0.2) is 0 Å². The Morgan fingerprint density at radius 3 is 2.45 bits per heavy atom. The molecule has 22 heavy (non-hydrogen) atoms. The zero-order valence-corrected chi connectivity index (χ0v) is 13.6. The van der Waals surface area contributed by atoms with Gasteiger partial charge < -0.3 is 10.0 Å². The average Bonchev–Trinajstić information content (AvgIpc) is 2.50. The van der Waals surface area contributed by atoms with E-state index >= 15 is 0 Å². The molecule has 4 heteroatoms. The van der Waals surface area contributed by atoms with E-state index in [2.05, 4.69) is 0 Å². The molecule has 1 N–H and O–H groups in total. The highest BCUT2D eigenvalue weighted by atomic mass is 16.4. The van der Waals surface area contributed by atoms with Crippen LogP contribution in [-0.2, 0) is 9.59 Å². The number of aliphatic carboxylic acids is 1. The number of amides is 1. The van der Waals surface area contributed by atoms with E-state index in [0.717, 1.165) is 18.4 Å². The van der Waals surface area contributed by atoms with Gasteiger partial charge in [0.05, 0.1) is 5.92 Å². The lowest BCUT2D eigenvalue weighted by molar-refractivity contribution is -0.142. The Kier molecular flexibility index (Phi) is 7.37. The molecular formula is C18H25NO3. The van der Waals surface area contributed by atoms with Gasteiger partial charge in [0.2, 0.25) is 5.91 Å². The summed E-state index contributed by atoms with van der Waals surface area (Å²) in [5.41, 5.74) is 2.13. The van der Waals surface area contributed by atoms with Crippen molar-refractivity contribution in [1.29, 1.82) is 0 Å². The molecule has 1 unspecified atom stereocenters. The Morgan fingerprint density at radius 1 is 1.27 bits per heavy atom. The summed E-state index contributed by atoms with van der Waals surface area (Å²) in [6.45, 7) is 6.51. The first-order valence-corrected chi connectivity index (χ1v) is 7.70. The summed E-state index contributed by atoms with van der Waals surface area (Å²) in [4.78, 5) is 24.9. The molecular weight excluding hydrogens is 278 g/mol. The molecule has 1 amide bonds. The number of carboxylic acids is 1. The third kappa shape index (κ3) is 6.12. The number of carbonyl (C=O) groups is 2. The second kappa shape index (κ2) is 9.03. The fourth-order valence-electron chi connectivity index (χ4n) is 2.00. The van der Waals surface area contributed by atoms with Crippen molar-refractivity contribution in [2.24, 2.45) is 5.92 Å². The monoisotopic (exact) mass is 303 g/mol. The first kappa shape index (κ1) is 18.0. The van der Waals surface area contributed by atoms with Gasteiger partial charge in [-0.3, -0.25) is 9.59 Å². The Bertz CT molecular complexity index is 520. The van der Waals surface area contributed by atoms with Crippen molar-refractivity contribution in [3.05, 3.63) is 41.5 Å². The summed E-state index contributed by atoms with van der Waals surface area (Å²) in [7, 11) is 0. The standard InChI is InChI=1S/C18H25NO3/c1-4-5-12-19(13-15(3)18(21)22)17(20)11-10-16-8-6-14(2)7-9-16/h6-11,15H,4-5,12-13H2,1-3H3,(H,21,22)/b11-10+. The third-order valence-electron chi connectivity index (χ3n) is 3.50. The van der Waals surface area contributed by atoms with E-state index in [1.54, 1.807) is 17.9 Å². The van der Waals surface area contributed by atoms with E-state index < -0.39 is 11.9 Å². The molecule has 0 fully saturated rings. The van der Waals surface area contributed by atoms with Gasteiger partial charge in [-0.15, -0.1) is 0 Å². The van der Waals surface area contributed by atoms with E-state index in [1.165, 1.54) is 11.6 Å². The summed E-state index contributed by atoms with van der Waals surface area (Å²) < 4.78 is 0. The lowest BCUT2D eigenvalue weighted by atomic mass is 10.1. The normalized spacial score (nSPS) is 12.3. The van der Waals surface area contributed by atoms with Gasteiger partial charge >= 0.3 is 5.97 Å². The fraction of sp³-hybridized carbons (Fsp3) is 0.444. The minimum atomic E-state index is -0.878. The van der Waals surface area contributed by atoms with Crippen LogP contribution in [0.1, 0.15) is 37.8 Å². The van der Waals surface area contributed by atoms with Gasteiger partial charge in [-0.1, -0.05) is 50.1 Å². The van der Waals surface area contributed by atoms with Crippen LogP contribution in [0.25, 0.3) is 6.08 Å². The molecule has 1 rings (SSSR count). The molecule has 0 aromatic heterocycles. The molecule has 0 saturated carbocycles. The molecule has 0 aliphatic rings. The van der Waals surface area contributed by atoms with Crippen LogP contribution in [0.4, 0.5) is 0 Å². The molecule has 0 saturated heterocycles.